The summed E-state index contributed by atoms with van der Waals surface area (Å²) in [5, 5.41) is 10.1. The summed E-state index contributed by atoms with van der Waals surface area (Å²) >= 11 is 0. The molecule has 3 heteroatoms. The van der Waals surface area contributed by atoms with Crippen molar-refractivity contribution >= 4 is 5.97 Å². The molecule has 0 spiro atoms. The lowest BCUT2D eigenvalue weighted by molar-refractivity contribution is -0.152. The van der Waals surface area contributed by atoms with Crippen molar-refractivity contribution in [3.05, 3.63) is 35.9 Å². The molecule has 0 saturated carbocycles. The van der Waals surface area contributed by atoms with Crippen molar-refractivity contribution in [2.75, 3.05) is 6.61 Å². The molecule has 1 aromatic carbocycles. The van der Waals surface area contributed by atoms with Crippen molar-refractivity contribution in [3.8, 4) is 12.3 Å². The normalized spacial score (nSPS) is 13.5. The Labute approximate surface area is 101 Å². The summed E-state index contributed by atoms with van der Waals surface area (Å²) in [6.07, 6.45) is 4.45. The number of esters is 1. The molecule has 1 aromatic rings. The van der Waals surface area contributed by atoms with Crippen molar-refractivity contribution < 1.29 is 14.6 Å². The van der Waals surface area contributed by atoms with E-state index in [2.05, 4.69) is 5.92 Å². The highest BCUT2D eigenvalue weighted by atomic mass is 16.5. The molecule has 0 fully saturated rings. The van der Waals surface area contributed by atoms with Gasteiger partial charge in [0.25, 0.3) is 0 Å². The number of ether oxygens (including phenoxy) is 1. The number of terminal acetylenes is 1. The molecule has 2 atom stereocenters. The van der Waals surface area contributed by atoms with Gasteiger partial charge in [0.1, 0.15) is 0 Å². The van der Waals surface area contributed by atoms with Crippen molar-refractivity contribution in [1.29, 1.82) is 0 Å². The number of rotatable bonds is 5. The lowest BCUT2D eigenvalue weighted by Crippen LogP contribution is -2.24. The van der Waals surface area contributed by atoms with Crippen molar-refractivity contribution in [1.82, 2.24) is 0 Å². The molecule has 1 rings (SSSR count). The van der Waals surface area contributed by atoms with Gasteiger partial charge in [-0.15, -0.1) is 12.3 Å². The molecule has 0 aliphatic rings. The number of carbonyl (C=O) groups is 1. The topological polar surface area (TPSA) is 46.5 Å². The van der Waals surface area contributed by atoms with Gasteiger partial charge in [-0.25, -0.2) is 0 Å². The fourth-order valence-electron chi connectivity index (χ4n) is 1.58. The van der Waals surface area contributed by atoms with Crippen LogP contribution in [0.25, 0.3) is 0 Å². The first-order chi connectivity index (χ1) is 8.20. The fourth-order valence-corrected chi connectivity index (χ4v) is 1.58. The molecular formula is C14H16O3. The molecule has 0 aliphatic carbocycles. The van der Waals surface area contributed by atoms with Crippen molar-refractivity contribution in [3.63, 3.8) is 0 Å². The molecule has 0 saturated heterocycles. The van der Waals surface area contributed by atoms with Gasteiger partial charge in [0.2, 0.25) is 0 Å². The Kier molecular flexibility index (Phi) is 5.25. The SMILES string of the molecule is C#CC[C@@H](C(=O)OCC)[C@H](O)c1ccccc1. The third kappa shape index (κ3) is 3.61. The summed E-state index contributed by atoms with van der Waals surface area (Å²) in [5.74, 6) is 1.23. The van der Waals surface area contributed by atoms with E-state index in [1.54, 1.807) is 31.2 Å². The van der Waals surface area contributed by atoms with E-state index >= 15 is 0 Å². The molecule has 0 aromatic heterocycles. The highest BCUT2D eigenvalue weighted by Gasteiger charge is 2.28. The number of carbonyl (C=O) groups excluding carboxylic acids is 1. The van der Waals surface area contributed by atoms with E-state index in [1.807, 2.05) is 6.07 Å². The first kappa shape index (κ1) is 13.3. The minimum absolute atomic E-state index is 0.162. The highest BCUT2D eigenvalue weighted by molar-refractivity contribution is 5.73. The molecule has 0 aliphatic heterocycles. The Hall–Kier alpha value is -1.79. The summed E-state index contributed by atoms with van der Waals surface area (Å²) in [4.78, 5) is 11.7. The van der Waals surface area contributed by atoms with Gasteiger partial charge in [-0.3, -0.25) is 4.79 Å². The Morgan fingerprint density at radius 2 is 2.12 bits per heavy atom. The van der Waals surface area contributed by atoms with E-state index in [9.17, 15) is 9.90 Å². The molecule has 0 unspecified atom stereocenters. The summed E-state index contributed by atoms with van der Waals surface area (Å²) in [7, 11) is 0. The summed E-state index contributed by atoms with van der Waals surface area (Å²) in [6.45, 7) is 2.00. The first-order valence-electron chi connectivity index (χ1n) is 5.53. The van der Waals surface area contributed by atoms with Gasteiger partial charge >= 0.3 is 5.97 Å². The largest absolute Gasteiger partial charge is 0.466 e. The van der Waals surface area contributed by atoms with Gasteiger partial charge in [-0.1, -0.05) is 30.3 Å². The van der Waals surface area contributed by atoms with Gasteiger partial charge in [-0.2, -0.15) is 0 Å². The standard InChI is InChI=1S/C14H16O3/c1-3-8-12(14(16)17-4-2)13(15)11-9-6-5-7-10-11/h1,5-7,9-10,12-13,15H,4,8H2,2H3/t12-,13-/m1/s1. The van der Waals surface area contributed by atoms with Crippen LogP contribution in [0.1, 0.15) is 25.0 Å². The zero-order chi connectivity index (χ0) is 12.7. The second-order valence-electron chi connectivity index (χ2n) is 3.62. The van der Waals surface area contributed by atoms with Crippen molar-refractivity contribution in [2.24, 2.45) is 5.92 Å². The Bertz CT molecular complexity index is 392. The van der Waals surface area contributed by atoms with Crippen molar-refractivity contribution in [2.45, 2.75) is 19.4 Å². The molecule has 0 bridgehead atoms. The molecule has 1 N–H and O–H groups in total. The van der Waals surface area contributed by atoms with Gasteiger partial charge in [0.15, 0.2) is 0 Å². The number of hydrogen-bond acceptors (Lipinski definition) is 3. The minimum Gasteiger partial charge on any atom is -0.466 e. The molecular weight excluding hydrogens is 216 g/mol. The van der Waals surface area contributed by atoms with Crippen LogP contribution in [0, 0.1) is 18.3 Å². The molecule has 90 valence electrons. The van der Waals surface area contributed by atoms with Crippen LogP contribution in [0.2, 0.25) is 0 Å². The third-order valence-corrected chi connectivity index (χ3v) is 2.45. The number of hydrogen-bond donors (Lipinski definition) is 1. The molecule has 3 nitrogen and oxygen atoms in total. The number of aliphatic hydroxyl groups is 1. The highest BCUT2D eigenvalue weighted by Crippen LogP contribution is 2.25. The molecule has 0 heterocycles. The Balaban J connectivity index is 2.84. The van der Waals surface area contributed by atoms with Crippen LogP contribution in [0.3, 0.4) is 0 Å². The predicted octanol–water partition coefficient (Wildman–Crippen LogP) is 1.92. The average molecular weight is 232 g/mol. The van der Waals surface area contributed by atoms with E-state index in [0.29, 0.717) is 5.56 Å². The maximum atomic E-state index is 11.7. The average Bonchev–Trinajstić information content (AvgIpc) is 2.36. The number of benzene rings is 1. The predicted molar refractivity (Wildman–Crippen MR) is 65.0 cm³/mol. The first-order valence-corrected chi connectivity index (χ1v) is 5.53. The van der Waals surface area contributed by atoms with E-state index in [-0.39, 0.29) is 13.0 Å². The van der Waals surface area contributed by atoms with E-state index < -0.39 is 18.0 Å². The van der Waals surface area contributed by atoms with Gasteiger partial charge in [-0.05, 0) is 12.5 Å². The molecule has 0 radical (unpaired) electrons. The minimum atomic E-state index is -0.925. The maximum Gasteiger partial charge on any atom is 0.312 e. The lowest BCUT2D eigenvalue weighted by Gasteiger charge is -2.19. The summed E-state index contributed by atoms with van der Waals surface area (Å²) in [5.41, 5.74) is 0.667. The van der Waals surface area contributed by atoms with E-state index in [4.69, 9.17) is 11.2 Å². The summed E-state index contributed by atoms with van der Waals surface area (Å²) < 4.78 is 4.90. The van der Waals surface area contributed by atoms with Crippen LogP contribution < -0.4 is 0 Å². The zero-order valence-corrected chi connectivity index (χ0v) is 9.80. The van der Waals surface area contributed by atoms with Gasteiger partial charge in [0.05, 0.1) is 18.6 Å². The van der Waals surface area contributed by atoms with Crippen LogP contribution in [0.15, 0.2) is 30.3 Å². The number of aliphatic hydroxyl groups excluding tert-OH is 1. The van der Waals surface area contributed by atoms with Gasteiger partial charge in [0, 0.05) is 6.42 Å². The Morgan fingerprint density at radius 1 is 1.47 bits per heavy atom. The Morgan fingerprint density at radius 3 is 2.65 bits per heavy atom. The fraction of sp³-hybridized carbons (Fsp3) is 0.357. The van der Waals surface area contributed by atoms with Crippen LogP contribution >= 0.6 is 0 Å². The second-order valence-corrected chi connectivity index (χ2v) is 3.62. The third-order valence-electron chi connectivity index (χ3n) is 2.45. The van der Waals surface area contributed by atoms with E-state index in [0.717, 1.165) is 0 Å². The summed E-state index contributed by atoms with van der Waals surface area (Å²) in [6, 6.07) is 8.96. The quantitative estimate of drug-likeness (QED) is 0.623. The smallest absolute Gasteiger partial charge is 0.312 e. The van der Waals surface area contributed by atoms with Crippen LogP contribution in [0.4, 0.5) is 0 Å². The molecule has 0 amide bonds. The lowest BCUT2D eigenvalue weighted by atomic mass is 9.93. The monoisotopic (exact) mass is 232 g/mol. The van der Waals surface area contributed by atoms with Gasteiger partial charge < -0.3 is 9.84 Å². The maximum absolute atomic E-state index is 11.7. The second kappa shape index (κ2) is 6.72. The van der Waals surface area contributed by atoms with Crippen LogP contribution in [0.5, 0.6) is 0 Å². The van der Waals surface area contributed by atoms with Crippen LogP contribution in [-0.4, -0.2) is 17.7 Å². The van der Waals surface area contributed by atoms with Crippen LogP contribution in [-0.2, 0) is 9.53 Å². The zero-order valence-electron chi connectivity index (χ0n) is 9.80. The molecule has 17 heavy (non-hydrogen) atoms. The van der Waals surface area contributed by atoms with E-state index in [1.165, 1.54) is 0 Å².